The monoisotopic (exact) mass is 290 g/mol. The number of rotatable bonds is 4. The summed E-state index contributed by atoms with van der Waals surface area (Å²) in [7, 11) is 0. The Hall–Kier alpha value is -1.00. The highest BCUT2D eigenvalue weighted by atomic mass is 19.4. The largest absolute Gasteiger partial charge is 0.453 e. The zero-order valence-corrected chi connectivity index (χ0v) is 11.9. The lowest BCUT2D eigenvalue weighted by Gasteiger charge is -2.39. The van der Waals surface area contributed by atoms with Crippen LogP contribution >= 0.6 is 0 Å². The van der Waals surface area contributed by atoms with Crippen molar-refractivity contribution >= 4 is 5.97 Å². The van der Waals surface area contributed by atoms with Crippen LogP contribution in [0, 0.1) is 23.7 Å². The average Bonchev–Trinajstić information content (AvgIpc) is 2.64. The zero-order valence-electron chi connectivity index (χ0n) is 11.9. The number of halogens is 3. The van der Waals surface area contributed by atoms with E-state index >= 15 is 0 Å². The van der Waals surface area contributed by atoms with E-state index in [-0.39, 0.29) is 0 Å². The second kappa shape index (κ2) is 5.78. The summed E-state index contributed by atoms with van der Waals surface area (Å²) in [6, 6.07) is 0. The number of hydrogen-bond donors (Lipinski definition) is 0. The molecule has 4 atom stereocenters. The van der Waals surface area contributed by atoms with Crippen LogP contribution < -0.4 is 0 Å². The third-order valence-corrected chi connectivity index (χ3v) is 4.81. The molecule has 0 aromatic carbocycles. The van der Waals surface area contributed by atoms with Gasteiger partial charge < -0.3 is 4.74 Å². The molecule has 0 radical (unpaired) electrons. The molecule has 0 saturated heterocycles. The van der Waals surface area contributed by atoms with Crippen LogP contribution in [-0.4, -0.2) is 18.8 Å². The molecule has 2 saturated carbocycles. The molecule has 0 aromatic rings. The minimum absolute atomic E-state index is 0.392. The SMILES string of the molecule is CC[C@H]1C[C@@H](CC)[C@@H]2/C(=C\C(=O)OCC(F)(F)F)C[C@H]12. The smallest absolute Gasteiger partial charge is 0.422 e. The van der Waals surface area contributed by atoms with Gasteiger partial charge in [-0.25, -0.2) is 4.79 Å². The first kappa shape index (κ1) is 15.4. The van der Waals surface area contributed by atoms with Gasteiger partial charge in [-0.15, -0.1) is 0 Å². The lowest BCUT2D eigenvalue weighted by Crippen LogP contribution is -2.32. The molecule has 20 heavy (non-hydrogen) atoms. The lowest BCUT2D eigenvalue weighted by molar-refractivity contribution is -0.182. The van der Waals surface area contributed by atoms with E-state index in [1.807, 2.05) is 0 Å². The highest BCUT2D eigenvalue weighted by molar-refractivity contribution is 5.83. The van der Waals surface area contributed by atoms with Crippen molar-refractivity contribution in [3.05, 3.63) is 11.6 Å². The van der Waals surface area contributed by atoms with Gasteiger partial charge in [0.2, 0.25) is 0 Å². The van der Waals surface area contributed by atoms with Gasteiger partial charge in [0, 0.05) is 6.08 Å². The van der Waals surface area contributed by atoms with E-state index in [1.165, 1.54) is 12.5 Å². The molecule has 0 aromatic heterocycles. The van der Waals surface area contributed by atoms with Crippen molar-refractivity contribution in [3.8, 4) is 0 Å². The Labute approximate surface area is 117 Å². The number of allylic oxidation sites excluding steroid dienone is 1. The first-order valence-corrected chi connectivity index (χ1v) is 7.29. The van der Waals surface area contributed by atoms with Gasteiger partial charge in [-0.1, -0.05) is 32.3 Å². The number of fused-ring (bicyclic) bond motifs is 1. The van der Waals surface area contributed by atoms with Crippen LogP contribution in [0.15, 0.2) is 11.6 Å². The van der Waals surface area contributed by atoms with Gasteiger partial charge >= 0.3 is 12.1 Å². The molecule has 2 aliphatic carbocycles. The molecular weight excluding hydrogens is 269 g/mol. The van der Waals surface area contributed by atoms with Crippen LogP contribution in [0.5, 0.6) is 0 Å². The van der Waals surface area contributed by atoms with Crippen LogP contribution in [0.4, 0.5) is 13.2 Å². The van der Waals surface area contributed by atoms with Crippen molar-refractivity contribution in [2.45, 2.75) is 45.7 Å². The van der Waals surface area contributed by atoms with Gasteiger partial charge in [-0.2, -0.15) is 13.2 Å². The molecule has 2 fully saturated rings. The lowest BCUT2D eigenvalue weighted by atomic mass is 9.65. The van der Waals surface area contributed by atoms with Gasteiger partial charge in [-0.3, -0.25) is 0 Å². The number of carbonyl (C=O) groups excluding carboxylic acids is 1. The number of carbonyl (C=O) groups is 1. The standard InChI is InChI=1S/C15H21F3O2/c1-3-9-5-10(4-2)14-11(6-12(9)14)7-13(19)20-8-15(16,17)18/h7,9-10,12,14H,3-6,8H2,1-2H3/b11-7-/t9-,10+,12+,14+/m0/s1. The third-order valence-electron chi connectivity index (χ3n) is 4.81. The maximum Gasteiger partial charge on any atom is 0.422 e. The quantitative estimate of drug-likeness (QED) is 0.575. The highest BCUT2D eigenvalue weighted by Crippen LogP contribution is 2.58. The average molecular weight is 290 g/mol. The van der Waals surface area contributed by atoms with Crippen LogP contribution in [0.1, 0.15) is 39.5 Å². The van der Waals surface area contributed by atoms with Gasteiger partial charge in [0.1, 0.15) is 0 Å². The minimum atomic E-state index is -4.46. The Morgan fingerprint density at radius 2 is 1.95 bits per heavy atom. The first-order valence-electron chi connectivity index (χ1n) is 7.29. The summed E-state index contributed by atoms with van der Waals surface area (Å²) in [5, 5.41) is 0. The Kier molecular flexibility index (Phi) is 4.45. The van der Waals surface area contributed by atoms with E-state index in [9.17, 15) is 18.0 Å². The molecular formula is C15H21F3O2. The molecule has 2 nitrogen and oxygen atoms in total. The Balaban J connectivity index is 1.94. The molecule has 0 unspecified atom stereocenters. The number of alkyl halides is 3. The molecule has 5 heteroatoms. The van der Waals surface area contributed by atoms with E-state index in [4.69, 9.17) is 0 Å². The minimum Gasteiger partial charge on any atom is -0.453 e. The van der Waals surface area contributed by atoms with Crippen molar-refractivity contribution in [2.75, 3.05) is 6.61 Å². The Morgan fingerprint density at radius 3 is 2.50 bits per heavy atom. The predicted octanol–water partition coefficient (Wildman–Crippen LogP) is 4.11. The fraction of sp³-hybridized carbons (Fsp3) is 0.800. The van der Waals surface area contributed by atoms with Crippen LogP contribution in [0.25, 0.3) is 0 Å². The maximum atomic E-state index is 12.0. The molecule has 0 spiro atoms. The molecule has 0 heterocycles. The van der Waals surface area contributed by atoms with E-state index < -0.39 is 18.8 Å². The summed E-state index contributed by atoms with van der Waals surface area (Å²) in [5.74, 6) is 1.43. The summed E-state index contributed by atoms with van der Waals surface area (Å²) >= 11 is 0. The van der Waals surface area contributed by atoms with E-state index in [0.717, 1.165) is 24.8 Å². The van der Waals surface area contributed by atoms with E-state index in [1.54, 1.807) is 0 Å². The Morgan fingerprint density at radius 1 is 1.30 bits per heavy atom. The van der Waals surface area contributed by atoms with Gasteiger partial charge in [0.05, 0.1) is 0 Å². The Bertz CT molecular complexity index is 398. The summed E-state index contributed by atoms with van der Waals surface area (Å²) in [5.41, 5.74) is 0.991. The van der Waals surface area contributed by atoms with Crippen molar-refractivity contribution in [2.24, 2.45) is 23.7 Å². The summed E-state index contributed by atoms with van der Waals surface area (Å²) in [6.07, 6.45) is 1.07. The van der Waals surface area contributed by atoms with Crippen molar-refractivity contribution < 1.29 is 22.7 Å². The van der Waals surface area contributed by atoms with Crippen LogP contribution in [0.3, 0.4) is 0 Å². The molecule has 114 valence electrons. The summed E-state index contributed by atoms with van der Waals surface area (Å²) in [4.78, 5) is 11.4. The first-order chi connectivity index (χ1) is 9.35. The van der Waals surface area contributed by atoms with Crippen molar-refractivity contribution in [3.63, 3.8) is 0 Å². The molecule has 0 bridgehead atoms. The second-order valence-corrected chi connectivity index (χ2v) is 5.91. The molecule has 0 aliphatic heterocycles. The number of ether oxygens (including phenoxy) is 1. The van der Waals surface area contributed by atoms with Crippen molar-refractivity contribution in [1.29, 1.82) is 0 Å². The molecule has 2 aliphatic rings. The van der Waals surface area contributed by atoms with Crippen LogP contribution in [-0.2, 0) is 9.53 Å². The third kappa shape index (κ3) is 3.18. The molecule has 2 rings (SSSR count). The van der Waals surface area contributed by atoms with Crippen molar-refractivity contribution in [1.82, 2.24) is 0 Å². The van der Waals surface area contributed by atoms with Gasteiger partial charge in [0.15, 0.2) is 6.61 Å². The maximum absolute atomic E-state index is 12.0. The number of esters is 1. The normalized spacial score (nSPS) is 34.8. The predicted molar refractivity (Wildman–Crippen MR) is 68.9 cm³/mol. The molecule has 0 amide bonds. The van der Waals surface area contributed by atoms with Gasteiger partial charge in [-0.05, 0) is 36.5 Å². The zero-order chi connectivity index (χ0) is 14.9. The van der Waals surface area contributed by atoms with E-state index in [2.05, 4.69) is 18.6 Å². The topological polar surface area (TPSA) is 26.3 Å². The summed E-state index contributed by atoms with van der Waals surface area (Å²) < 4.78 is 40.2. The van der Waals surface area contributed by atoms with E-state index in [0.29, 0.717) is 23.7 Å². The second-order valence-electron chi connectivity index (χ2n) is 5.91. The van der Waals surface area contributed by atoms with Crippen LogP contribution in [0.2, 0.25) is 0 Å². The van der Waals surface area contributed by atoms with Gasteiger partial charge in [0.25, 0.3) is 0 Å². The summed E-state index contributed by atoms with van der Waals surface area (Å²) in [6.45, 7) is 2.81. The number of hydrogen-bond acceptors (Lipinski definition) is 2. The fourth-order valence-corrected chi connectivity index (χ4v) is 3.86. The molecule has 0 N–H and O–H groups in total. The fourth-order valence-electron chi connectivity index (χ4n) is 3.86. The highest BCUT2D eigenvalue weighted by Gasteiger charge is 2.50.